The van der Waals surface area contributed by atoms with Crippen molar-refractivity contribution in [1.82, 2.24) is 0 Å². The average molecular weight is 325 g/mol. The van der Waals surface area contributed by atoms with Gasteiger partial charge in [0, 0.05) is 17.4 Å². The number of carbonyl (C=O) groups excluding carboxylic acids is 2. The molecule has 0 N–H and O–H groups in total. The number of hydrogen-bond acceptors (Lipinski definition) is 4. The lowest BCUT2D eigenvalue weighted by atomic mass is 10.2. The van der Waals surface area contributed by atoms with Crippen molar-refractivity contribution < 1.29 is 14.3 Å². The average Bonchev–Trinajstić information content (AvgIpc) is 3.03. The number of likely N-dealkylation sites (N-methyl/N-ethyl adjacent to an activating group) is 1. The van der Waals surface area contributed by atoms with E-state index in [-0.39, 0.29) is 12.5 Å². The van der Waals surface area contributed by atoms with Gasteiger partial charge in [-0.3, -0.25) is 4.79 Å². The van der Waals surface area contributed by atoms with Crippen LogP contribution >= 0.6 is 11.3 Å². The predicted molar refractivity (Wildman–Crippen MR) is 92.0 cm³/mol. The van der Waals surface area contributed by atoms with Gasteiger partial charge in [-0.1, -0.05) is 36.4 Å². The molecule has 0 fully saturated rings. The molecule has 0 aliphatic heterocycles. The van der Waals surface area contributed by atoms with E-state index in [2.05, 4.69) is 0 Å². The largest absolute Gasteiger partial charge is 0.451 e. The first-order valence-corrected chi connectivity index (χ1v) is 7.94. The second-order valence-electron chi connectivity index (χ2n) is 5.01. The monoisotopic (exact) mass is 325 g/mol. The van der Waals surface area contributed by atoms with Gasteiger partial charge in [0.2, 0.25) is 0 Å². The topological polar surface area (TPSA) is 46.6 Å². The van der Waals surface area contributed by atoms with Crippen LogP contribution in [-0.2, 0) is 9.53 Å². The Hall–Kier alpha value is -2.66. The van der Waals surface area contributed by atoms with Crippen LogP contribution in [0.5, 0.6) is 0 Å². The number of nitrogens with zero attached hydrogens (tertiary/aromatic N) is 1. The number of anilines is 1. The Morgan fingerprint density at radius 3 is 2.48 bits per heavy atom. The van der Waals surface area contributed by atoms with Crippen molar-refractivity contribution in [3.05, 3.63) is 65.5 Å². The van der Waals surface area contributed by atoms with Gasteiger partial charge in [0.1, 0.15) is 4.88 Å². The van der Waals surface area contributed by atoms with Crippen LogP contribution in [0.3, 0.4) is 0 Å². The van der Waals surface area contributed by atoms with E-state index in [0.717, 1.165) is 15.8 Å². The van der Waals surface area contributed by atoms with Crippen LogP contribution in [0.1, 0.15) is 9.67 Å². The lowest BCUT2D eigenvalue weighted by Gasteiger charge is -2.16. The minimum atomic E-state index is -0.471. The molecule has 3 aromatic rings. The summed E-state index contributed by atoms with van der Waals surface area (Å²) in [5.41, 5.74) is 0.760. The third-order valence-electron chi connectivity index (χ3n) is 3.47. The Morgan fingerprint density at radius 1 is 1.04 bits per heavy atom. The molecule has 4 nitrogen and oxygen atoms in total. The second-order valence-corrected chi connectivity index (χ2v) is 6.10. The van der Waals surface area contributed by atoms with Crippen LogP contribution < -0.4 is 4.90 Å². The van der Waals surface area contributed by atoms with E-state index in [1.165, 1.54) is 16.2 Å². The molecule has 0 saturated heterocycles. The van der Waals surface area contributed by atoms with Crippen molar-refractivity contribution in [3.63, 3.8) is 0 Å². The molecule has 23 heavy (non-hydrogen) atoms. The van der Waals surface area contributed by atoms with Crippen molar-refractivity contribution in [3.8, 4) is 0 Å². The number of thiophene rings is 1. The second kappa shape index (κ2) is 6.62. The molecule has 0 aliphatic carbocycles. The Morgan fingerprint density at radius 2 is 1.74 bits per heavy atom. The van der Waals surface area contributed by atoms with Crippen LogP contribution in [0.15, 0.2) is 60.7 Å². The number of para-hydroxylation sites is 1. The number of amides is 1. The summed E-state index contributed by atoms with van der Waals surface area (Å²) < 4.78 is 6.16. The molecule has 2 aromatic carbocycles. The van der Waals surface area contributed by atoms with Gasteiger partial charge in [0.15, 0.2) is 6.61 Å². The number of hydrogen-bond donors (Lipinski definition) is 0. The van der Waals surface area contributed by atoms with E-state index in [0.29, 0.717) is 4.88 Å². The number of esters is 1. The molecule has 0 bridgehead atoms. The number of fused-ring (bicyclic) bond motifs is 1. The van der Waals surface area contributed by atoms with E-state index in [1.807, 2.05) is 54.6 Å². The summed E-state index contributed by atoms with van der Waals surface area (Å²) in [5.74, 6) is -0.744. The molecule has 0 saturated carbocycles. The lowest BCUT2D eigenvalue weighted by molar-refractivity contribution is -0.121. The van der Waals surface area contributed by atoms with Crippen LogP contribution in [0.4, 0.5) is 5.69 Å². The minimum Gasteiger partial charge on any atom is -0.451 e. The van der Waals surface area contributed by atoms with E-state index in [4.69, 9.17) is 4.74 Å². The molecule has 0 aliphatic rings. The zero-order valence-electron chi connectivity index (χ0n) is 12.6. The number of rotatable bonds is 4. The van der Waals surface area contributed by atoms with Gasteiger partial charge < -0.3 is 9.64 Å². The molecular weight excluding hydrogens is 310 g/mol. The predicted octanol–water partition coefficient (Wildman–Crippen LogP) is 3.72. The first-order valence-electron chi connectivity index (χ1n) is 7.12. The van der Waals surface area contributed by atoms with Gasteiger partial charge in [-0.15, -0.1) is 11.3 Å². The highest BCUT2D eigenvalue weighted by atomic mass is 32.1. The van der Waals surface area contributed by atoms with Crippen LogP contribution in [0, 0.1) is 0 Å². The SMILES string of the molecule is CN(C(=O)COC(=O)c1cc2ccccc2s1)c1ccccc1. The molecule has 0 radical (unpaired) electrons. The number of carbonyl (C=O) groups is 2. The van der Waals surface area contributed by atoms with Crippen molar-refractivity contribution in [2.24, 2.45) is 0 Å². The summed E-state index contributed by atoms with van der Waals surface area (Å²) in [6.45, 7) is -0.279. The molecule has 5 heteroatoms. The Labute approximate surface area is 137 Å². The molecule has 0 atom stereocenters. The van der Waals surface area contributed by atoms with E-state index in [1.54, 1.807) is 13.1 Å². The highest BCUT2D eigenvalue weighted by Crippen LogP contribution is 2.25. The molecule has 1 aromatic heterocycles. The standard InChI is InChI=1S/C18H15NO3S/c1-19(14-8-3-2-4-9-14)17(20)12-22-18(21)16-11-13-7-5-6-10-15(13)23-16/h2-11H,12H2,1H3. The molecule has 3 rings (SSSR count). The summed E-state index contributed by atoms with van der Waals surface area (Å²) in [4.78, 5) is 26.2. The van der Waals surface area contributed by atoms with Gasteiger partial charge >= 0.3 is 5.97 Å². The van der Waals surface area contributed by atoms with Crippen LogP contribution in [0.2, 0.25) is 0 Å². The van der Waals surface area contributed by atoms with E-state index >= 15 is 0 Å². The maximum atomic E-state index is 12.1. The fourth-order valence-electron chi connectivity index (χ4n) is 2.17. The third kappa shape index (κ3) is 3.40. The molecular formula is C18H15NO3S. The fraction of sp³-hybridized carbons (Fsp3) is 0.111. The van der Waals surface area contributed by atoms with E-state index in [9.17, 15) is 9.59 Å². The zero-order chi connectivity index (χ0) is 16.2. The summed E-state index contributed by atoms with van der Waals surface area (Å²) in [6, 6.07) is 18.7. The normalized spacial score (nSPS) is 10.5. The number of benzene rings is 2. The van der Waals surface area contributed by atoms with Crippen molar-refractivity contribution in [2.75, 3.05) is 18.6 Å². The third-order valence-corrected chi connectivity index (χ3v) is 4.57. The molecule has 0 spiro atoms. The summed E-state index contributed by atoms with van der Waals surface area (Å²) in [6.07, 6.45) is 0. The summed E-state index contributed by atoms with van der Waals surface area (Å²) in [7, 11) is 1.66. The number of ether oxygens (including phenoxy) is 1. The van der Waals surface area contributed by atoms with Gasteiger partial charge in [-0.2, -0.15) is 0 Å². The van der Waals surface area contributed by atoms with Crippen molar-refractivity contribution >= 4 is 39.0 Å². The zero-order valence-corrected chi connectivity index (χ0v) is 13.4. The maximum absolute atomic E-state index is 12.1. The van der Waals surface area contributed by atoms with Crippen molar-refractivity contribution in [1.29, 1.82) is 0 Å². The molecule has 1 amide bonds. The van der Waals surface area contributed by atoms with Gasteiger partial charge in [-0.25, -0.2) is 4.79 Å². The Kier molecular flexibility index (Phi) is 4.39. The van der Waals surface area contributed by atoms with Crippen molar-refractivity contribution in [2.45, 2.75) is 0 Å². The van der Waals surface area contributed by atoms with E-state index < -0.39 is 5.97 Å². The highest BCUT2D eigenvalue weighted by Gasteiger charge is 2.16. The molecule has 1 heterocycles. The van der Waals surface area contributed by atoms with Gasteiger partial charge in [0.05, 0.1) is 0 Å². The first-order chi connectivity index (χ1) is 11.1. The van der Waals surface area contributed by atoms with Crippen LogP contribution in [-0.4, -0.2) is 25.5 Å². The Bertz CT molecular complexity index is 809. The first kappa shape index (κ1) is 15.2. The summed E-state index contributed by atoms with van der Waals surface area (Å²) >= 11 is 1.36. The van der Waals surface area contributed by atoms with Gasteiger partial charge in [-0.05, 0) is 29.7 Å². The Balaban J connectivity index is 1.63. The highest BCUT2D eigenvalue weighted by molar-refractivity contribution is 7.20. The minimum absolute atomic E-state index is 0.273. The smallest absolute Gasteiger partial charge is 0.348 e. The quantitative estimate of drug-likeness (QED) is 0.687. The van der Waals surface area contributed by atoms with Gasteiger partial charge in [0.25, 0.3) is 5.91 Å². The van der Waals surface area contributed by atoms with Crippen LogP contribution in [0.25, 0.3) is 10.1 Å². The lowest BCUT2D eigenvalue weighted by Crippen LogP contribution is -2.30. The maximum Gasteiger partial charge on any atom is 0.348 e. The fourth-order valence-corrected chi connectivity index (χ4v) is 3.13. The summed E-state index contributed by atoms with van der Waals surface area (Å²) in [5, 5.41) is 0.997. The molecule has 0 unspecified atom stereocenters. The molecule has 116 valence electrons.